The first kappa shape index (κ1) is 15.4. The number of ether oxygens (including phenoxy) is 1. The first-order chi connectivity index (χ1) is 11.6. The zero-order chi connectivity index (χ0) is 16.8. The minimum Gasteiger partial charge on any atom is -0.380 e. The third-order valence-corrected chi connectivity index (χ3v) is 5.00. The van der Waals surface area contributed by atoms with Crippen LogP contribution < -0.4 is 0 Å². The number of aryl methyl sites for hydroxylation is 2. The van der Waals surface area contributed by atoms with E-state index in [1.165, 1.54) is 0 Å². The Labute approximate surface area is 140 Å². The van der Waals surface area contributed by atoms with Crippen LogP contribution in [0.1, 0.15) is 64.6 Å². The second kappa shape index (κ2) is 5.73. The molecule has 0 unspecified atom stereocenters. The number of nitrogens with one attached hydrogen (secondary N) is 2. The number of nitrogens with zero attached hydrogens (tertiary/aromatic N) is 3. The number of likely N-dealkylation sites (tertiary alicyclic amines) is 1. The molecule has 2 fully saturated rings. The molecule has 0 spiro atoms. The van der Waals surface area contributed by atoms with E-state index >= 15 is 0 Å². The van der Waals surface area contributed by atoms with Crippen LogP contribution in [0.2, 0.25) is 0 Å². The van der Waals surface area contributed by atoms with Crippen molar-refractivity contribution < 1.29 is 9.53 Å². The number of aromatic amines is 2. The summed E-state index contributed by atoms with van der Waals surface area (Å²) in [6.45, 7) is 4.48. The Bertz CT molecular complexity index is 761. The zero-order valence-electron chi connectivity index (χ0n) is 14.3. The fourth-order valence-corrected chi connectivity index (χ4v) is 3.51. The van der Waals surface area contributed by atoms with Crippen LogP contribution in [0.3, 0.4) is 0 Å². The Balaban J connectivity index is 1.63. The Morgan fingerprint density at radius 2 is 2.17 bits per heavy atom. The second-order valence-electron chi connectivity index (χ2n) is 6.93. The lowest BCUT2D eigenvalue weighted by molar-refractivity contribution is 0.0678. The minimum absolute atomic E-state index is 0.00507. The zero-order valence-corrected chi connectivity index (χ0v) is 14.3. The molecule has 1 aliphatic heterocycles. The monoisotopic (exact) mass is 329 g/mol. The number of H-pyrrole nitrogens is 2. The minimum atomic E-state index is -0.120. The predicted octanol–water partition coefficient (Wildman–Crippen LogP) is 2.23. The lowest BCUT2D eigenvalue weighted by Crippen LogP contribution is -2.33. The highest BCUT2D eigenvalue weighted by Crippen LogP contribution is 2.39. The molecule has 2 atom stereocenters. The fourth-order valence-electron chi connectivity index (χ4n) is 3.51. The van der Waals surface area contributed by atoms with Crippen molar-refractivity contribution in [2.75, 3.05) is 13.7 Å². The van der Waals surface area contributed by atoms with E-state index < -0.39 is 0 Å². The average molecular weight is 329 g/mol. The average Bonchev–Trinajstić information content (AvgIpc) is 3.00. The Morgan fingerprint density at radius 3 is 2.79 bits per heavy atom. The van der Waals surface area contributed by atoms with Gasteiger partial charge in [0.25, 0.3) is 5.91 Å². The lowest BCUT2D eigenvalue weighted by Gasteiger charge is -2.22. The fraction of sp³-hybridized carbons (Fsp3) is 0.588. The summed E-state index contributed by atoms with van der Waals surface area (Å²) in [7, 11) is 1.69. The van der Waals surface area contributed by atoms with Crippen LogP contribution in [0.5, 0.6) is 0 Å². The van der Waals surface area contributed by atoms with Gasteiger partial charge in [0.15, 0.2) is 5.82 Å². The van der Waals surface area contributed by atoms with Crippen LogP contribution in [-0.4, -0.2) is 50.7 Å². The van der Waals surface area contributed by atoms with E-state index in [-0.39, 0.29) is 18.1 Å². The van der Waals surface area contributed by atoms with Crippen LogP contribution in [0.25, 0.3) is 0 Å². The van der Waals surface area contributed by atoms with Crippen molar-refractivity contribution in [2.24, 2.45) is 0 Å². The van der Waals surface area contributed by atoms with Gasteiger partial charge >= 0.3 is 0 Å². The van der Waals surface area contributed by atoms with Crippen LogP contribution in [0, 0.1) is 13.8 Å². The van der Waals surface area contributed by atoms with Crippen molar-refractivity contribution in [2.45, 2.75) is 51.2 Å². The number of hydrogen-bond acceptors (Lipinski definition) is 4. The van der Waals surface area contributed by atoms with E-state index in [1.807, 2.05) is 24.8 Å². The summed E-state index contributed by atoms with van der Waals surface area (Å²) < 4.78 is 5.52. The molecular weight excluding hydrogens is 306 g/mol. The van der Waals surface area contributed by atoms with E-state index in [4.69, 9.17) is 4.74 Å². The Kier molecular flexibility index (Phi) is 3.68. The number of hydrogen-bond donors (Lipinski definition) is 2. The van der Waals surface area contributed by atoms with Gasteiger partial charge in [0, 0.05) is 31.7 Å². The summed E-state index contributed by atoms with van der Waals surface area (Å²) in [5.41, 5.74) is 2.61. The summed E-state index contributed by atoms with van der Waals surface area (Å²) in [4.78, 5) is 22.7. The summed E-state index contributed by atoms with van der Waals surface area (Å²) >= 11 is 0. The molecule has 0 bridgehead atoms. The summed E-state index contributed by atoms with van der Waals surface area (Å²) in [5.74, 6) is 2.14. The molecular formula is C17H23N5O2. The molecule has 24 heavy (non-hydrogen) atoms. The van der Waals surface area contributed by atoms with E-state index in [0.717, 1.165) is 42.2 Å². The summed E-state index contributed by atoms with van der Waals surface area (Å²) in [5, 5.41) is 7.39. The first-order valence-electron chi connectivity index (χ1n) is 8.49. The highest BCUT2D eigenvalue weighted by molar-refractivity contribution is 5.94. The van der Waals surface area contributed by atoms with Crippen molar-refractivity contribution in [3.8, 4) is 0 Å². The molecule has 2 N–H and O–H groups in total. The molecule has 4 rings (SSSR count). The van der Waals surface area contributed by atoms with Gasteiger partial charge in [-0.25, -0.2) is 4.98 Å². The molecule has 2 aromatic heterocycles. The van der Waals surface area contributed by atoms with E-state index in [0.29, 0.717) is 18.2 Å². The standard InChI is InChI=1S/C17H23N5O2/c1-9-6-10(2)18-14(9)17(23)22-8-12(24-3)7-13(22)16-19-15(20-21-16)11-4-5-11/h6,11-13,18H,4-5,7-8H2,1-3H3,(H,19,20,21)/t12-,13+/m1/s1. The third-order valence-electron chi connectivity index (χ3n) is 5.00. The van der Waals surface area contributed by atoms with Gasteiger partial charge in [-0.3, -0.25) is 9.89 Å². The van der Waals surface area contributed by atoms with Crippen molar-refractivity contribution in [3.63, 3.8) is 0 Å². The number of rotatable bonds is 4. The van der Waals surface area contributed by atoms with Gasteiger partial charge in [0.2, 0.25) is 0 Å². The normalized spacial score (nSPS) is 23.9. The molecule has 7 nitrogen and oxygen atoms in total. The number of aromatic nitrogens is 4. The van der Waals surface area contributed by atoms with Crippen molar-refractivity contribution >= 4 is 5.91 Å². The van der Waals surface area contributed by atoms with Crippen molar-refractivity contribution in [3.05, 3.63) is 34.7 Å². The largest absolute Gasteiger partial charge is 0.380 e. The molecule has 2 aromatic rings. The maximum Gasteiger partial charge on any atom is 0.271 e. The molecule has 128 valence electrons. The molecule has 3 heterocycles. The van der Waals surface area contributed by atoms with Gasteiger partial charge in [-0.15, -0.1) is 0 Å². The molecule has 1 saturated carbocycles. The van der Waals surface area contributed by atoms with E-state index in [1.54, 1.807) is 7.11 Å². The highest BCUT2D eigenvalue weighted by Gasteiger charge is 2.40. The number of methoxy groups -OCH3 is 1. The molecule has 0 radical (unpaired) electrons. The smallest absolute Gasteiger partial charge is 0.271 e. The molecule has 0 aromatic carbocycles. The number of amides is 1. The molecule has 1 aliphatic carbocycles. The van der Waals surface area contributed by atoms with Gasteiger partial charge in [0.05, 0.1) is 12.1 Å². The Hall–Kier alpha value is -2.15. The quantitative estimate of drug-likeness (QED) is 0.900. The van der Waals surface area contributed by atoms with E-state index in [2.05, 4.69) is 20.2 Å². The maximum atomic E-state index is 13.1. The molecule has 1 saturated heterocycles. The topological polar surface area (TPSA) is 86.9 Å². The lowest BCUT2D eigenvalue weighted by atomic mass is 10.1. The van der Waals surface area contributed by atoms with Gasteiger partial charge in [-0.2, -0.15) is 5.10 Å². The third kappa shape index (κ3) is 2.62. The van der Waals surface area contributed by atoms with Gasteiger partial charge in [-0.05, 0) is 38.3 Å². The number of carbonyl (C=O) groups is 1. The first-order valence-corrected chi connectivity index (χ1v) is 8.49. The molecule has 1 amide bonds. The molecule has 2 aliphatic rings. The van der Waals surface area contributed by atoms with Crippen molar-refractivity contribution in [1.29, 1.82) is 0 Å². The van der Waals surface area contributed by atoms with Crippen LogP contribution in [0.4, 0.5) is 0 Å². The van der Waals surface area contributed by atoms with Crippen LogP contribution >= 0.6 is 0 Å². The summed E-state index contributed by atoms with van der Waals surface area (Å²) in [6.07, 6.45) is 3.07. The SMILES string of the molecule is CO[C@@H]1C[C@@H](c2nc(C3CC3)n[nH]2)N(C(=O)c2[nH]c(C)cc2C)C1. The van der Waals surface area contributed by atoms with Gasteiger partial charge in [-0.1, -0.05) is 0 Å². The van der Waals surface area contributed by atoms with Gasteiger partial charge < -0.3 is 14.6 Å². The predicted molar refractivity (Wildman–Crippen MR) is 87.8 cm³/mol. The Morgan fingerprint density at radius 1 is 1.38 bits per heavy atom. The van der Waals surface area contributed by atoms with Crippen LogP contribution in [0.15, 0.2) is 6.07 Å². The van der Waals surface area contributed by atoms with Gasteiger partial charge in [0.1, 0.15) is 11.5 Å². The maximum absolute atomic E-state index is 13.1. The highest BCUT2D eigenvalue weighted by atomic mass is 16.5. The number of carbonyl (C=O) groups excluding carboxylic acids is 1. The summed E-state index contributed by atoms with van der Waals surface area (Å²) in [6, 6.07) is 1.87. The van der Waals surface area contributed by atoms with Crippen molar-refractivity contribution in [1.82, 2.24) is 25.1 Å². The van der Waals surface area contributed by atoms with E-state index in [9.17, 15) is 4.79 Å². The second-order valence-corrected chi connectivity index (χ2v) is 6.93. The van der Waals surface area contributed by atoms with Crippen LogP contribution in [-0.2, 0) is 4.74 Å². The molecule has 7 heteroatoms.